The predicted molar refractivity (Wildman–Crippen MR) is 256 cm³/mol. The van der Waals surface area contributed by atoms with Gasteiger partial charge in [-0.1, -0.05) is 146 Å². The molecule has 0 aliphatic rings. The van der Waals surface area contributed by atoms with Gasteiger partial charge in [0.15, 0.2) is 17.5 Å². The molecule has 0 saturated heterocycles. The van der Waals surface area contributed by atoms with Crippen LogP contribution in [0.2, 0.25) is 0 Å². The van der Waals surface area contributed by atoms with Crippen LogP contribution in [0.15, 0.2) is 215 Å². The van der Waals surface area contributed by atoms with E-state index in [1.54, 1.807) is 0 Å². The van der Waals surface area contributed by atoms with E-state index in [1.807, 2.05) is 66.7 Å². The van der Waals surface area contributed by atoms with Crippen LogP contribution < -0.4 is 0 Å². The molecule has 0 saturated carbocycles. The Morgan fingerprint density at radius 3 is 1.33 bits per heavy atom. The summed E-state index contributed by atoms with van der Waals surface area (Å²) >= 11 is 0. The molecule has 0 aliphatic carbocycles. The minimum Gasteiger partial charge on any atom is -0.456 e. The molecule has 0 bridgehead atoms. The zero-order chi connectivity index (χ0) is 41.4. The molecule has 0 unspecified atom stereocenters. The second kappa shape index (κ2) is 14.0. The fraction of sp³-hybridized carbons (Fsp3) is 0. The van der Waals surface area contributed by atoms with Crippen LogP contribution >= 0.6 is 0 Å². The third-order valence-corrected chi connectivity index (χ3v) is 12.3. The van der Waals surface area contributed by atoms with Gasteiger partial charge in [0.05, 0.1) is 11.0 Å². The van der Waals surface area contributed by atoms with Gasteiger partial charge in [-0.15, -0.1) is 0 Å². The Kier molecular flexibility index (Phi) is 7.80. The molecule has 6 heteroatoms. The van der Waals surface area contributed by atoms with Crippen LogP contribution in [0, 0.1) is 0 Å². The summed E-state index contributed by atoms with van der Waals surface area (Å²) in [6.07, 6.45) is 0. The summed E-state index contributed by atoms with van der Waals surface area (Å²) in [4.78, 5) is 14.7. The molecule has 4 aromatic heterocycles. The third kappa shape index (κ3) is 5.76. The first kappa shape index (κ1) is 35.2. The maximum Gasteiger partial charge on any atom is 0.164 e. The molecule has 4 heterocycles. The molecule has 0 radical (unpaired) electrons. The topological polar surface area (TPSA) is 69.9 Å². The molecular weight excluding hydrogens is 773 g/mol. The van der Waals surface area contributed by atoms with Crippen molar-refractivity contribution in [3.05, 3.63) is 206 Å². The van der Waals surface area contributed by atoms with Gasteiger partial charge in [0.1, 0.15) is 22.3 Å². The highest BCUT2D eigenvalue weighted by atomic mass is 16.3. The lowest BCUT2D eigenvalue weighted by Crippen LogP contribution is -2.00. The lowest BCUT2D eigenvalue weighted by atomic mass is 10.0. The van der Waals surface area contributed by atoms with Gasteiger partial charge >= 0.3 is 0 Å². The number of para-hydroxylation sites is 2. The van der Waals surface area contributed by atoms with E-state index in [2.05, 4.69) is 144 Å². The van der Waals surface area contributed by atoms with Crippen molar-refractivity contribution in [3.63, 3.8) is 0 Å². The van der Waals surface area contributed by atoms with Crippen molar-refractivity contribution in [3.8, 4) is 62.1 Å². The zero-order valence-corrected chi connectivity index (χ0v) is 33.7. The van der Waals surface area contributed by atoms with Crippen LogP contribution in [-0.2, 0) is 0 Å². The van der Waals surface area contributed by atoms with E-state index >= 15 is 0 Å². The fourth-order valence-corrected chi connectivity index (χ4v) is 9.26. The summed E-state index contributed by atoms with van der Waals surface area (Å²) in [6.45, 7) is 0. The molecule has 0 atom stereocenters. The molecule has 9 aromatic carbocycles. The second-order valence-electron chi connectivity index (χ2n) is 16.0. The molecule has 0 N–H and O–H groups in total. The van der Waals surface area contributed by atoms with Gasteiger partial charge in [-0.05, 0) is 71.3 Å². The van der Waals surface area contributed by atoms with Gasteiger partial charge in [-0.25, -0.2) is 15.0 Å². The molecule has 0 amide bonds. The van der Waals surface area contributed by atoms with E-state index < -0.39 is 0 Å². The molecule has 63 heavy (non-hydrogen) atoms. The number of hydrogen-bond acceptors (Lipinski definition) is 5. The second-order valence-corrected chi connectivity index (χ2v) is 16.0. The van der Waals surface area contributed by atoms with Crippen LogP contribution in [0.25, 0.3) is 128 Å². The molecular formula is C57H34N4O2. The van der Waals surface area contributed by atoms with Crippen LogP contribution in [0.3, 0.4) is 0 Å². The zero-order valence-electron chi connectivity index (χ0n) is 33.7. The maximum atomic E-state index is 6.70. The molecule has 6 nitrogen and oxygen atoms in total. The summed E-state index contributed by atoms with van der Waals surface area (Å²) in [5, 5.41) is 6.68. The number of nitrogens with zero attached hydrogens (tertiary/aromatic N) is 4. The molecule has 0 spiro atoms. The van der Waals surface area contributed by atoms with E-state index in [4.69, 9.17) is 23.8 Å². The first-order chi connectivity index (χ1) is 31.2. The molecule has 0 aliphatic heterocycles. The van der Waals surface area contributed by atoms with Gasteiger partial charge in [-0.3, -0.25) is 0 Å². The lowest BCUT2D eigenvalue weighted by molar-refractivity contribution is 0.668. The van der Waals surface area contributed by atoms with Crippen molar-refractivity contribution in [2.45, 2.75) is 0 Å². The van der Waals surface area contributed by atoms with Gasteiger partial charge in [-0.2, -0.15) is 0 Å². The minimum absolute atomic E-state index is 0.587. The van der Waals surface area contributed by atoms with E-state index in [-0.39, 0.29) is 0 Å². The highest BCUT2D eigenvalue weighted by molar-refractivity contribution is 6.14. The van der Waals surface area contributed by atoms with Crippen molar-refractivity contribution in [2.24, 2.45) is 0 Å². The fourth-order valence-electron chi connectivity index (χ4n) is 9.26. The van der Waals surface area contributed by atoms with E-state index in [9.17, 15) is 0 Å². The molecule has 0 fully saturated rings. The number of hydrogen-bond donors (Lipinski definition) is 0. The SMILES string of the molecule is c1ccc(-c2nc(-c3ccccc3)nc(-c3ccc4c(c3)oc3cc(-c5ccc6c(c5)oc5cc(-n7c8ccccc8c8cccc(-c9ccccc9)c87)ccc56)ccc34)n2)cc1. The molecule has 294 valence electrons. The molecule has 13 aromatic rings. The number of benzene rings is 9. The van der Waals surface area contributed by atoms with E-state index in [1.165, 1.54) is 27.4 Å². The summed E-state index contributed by atoms with van der Waals surface area (Å²) < 4.78 is 15.7. The van der Waals surface area contributed by atoms with Crippen LogP contribution in [0.1, 0.15) is 0 Å². The van der Waals surface area contributed by atoms with Crippen molar-refractivity contribution >= 4 is 65.7 Å². The van der Waals surface area contributed by atoms with Crippen LogP contribution in [0.5, 0.6) is 0 Å². The predicted octanol–water partition coefficient (Wildman–Crippen LogP) is 15.1. The number of fused-ring (bicyclic) bond motifs is 9. The van der Waals surface area contributed by atoms with Crippen molar-refractivity contribution < 1.29 is 8.83 Å². The quantitative estimate of drug-likeness (QED) is 0.167. The number of rotatable bonds is 6. The van der Waals surface area contributed by atoms with Crippen molar-refractivity contribution in [1.82, 2.24) is 19.5 Å². The number of furan rings is 2. The van der Waals surface area contributed by atoms with Crippen LogP contribution in [0.4, 0.5) is 0 Å². The Morgan fingerprint density at radius 1 is 0.302 bits per heavy atom. The van der Waals surface area contributed by atoms with Crippen LogP contribution in [-0.4, -0.2) is 19.5 Å². The Bertz CT molecular complexity index is 3850. The van der Waals surface area contributed by atoms with Gasteiger partial charge in [0.25, 0.3) is 0 Å². The first-order valence-corrected chi connectivity index (χ1v) is 21.1. The smallest absolute Gasteiger partial charge is 0.164 e. The average molecular weight is 807 g/mol. The van der Waals surface area contributed by atoms with Gasteiger partial charge in [0.2, 0.25) is 0 Å². The Morgan fingerprint density at radius 2 is 0.746 bits per heavy atom. The standard InChI is InChI=1S/C57H34N4O2/c1-4-13-35(14-5-1)42-20-12-21-48-43-19-10-11-22-49(43)61(54(42)48)41-26-30-47-45-28-24-39(32-51(45)63-53(47)34-41)38-23-27-44-46-29-25-40(33-52(46)62-50(44)31-38)57-59-55(36-15-6-2-7-16-36)58-56(60-57)37-17-8-3-9-18-37/h1-34H. The van der Waals surface area contributed by atoms with E-state index in [0.29, 0.717) is 17.5 Å². The lowest BCUT2D eigenvalue weighted by Gasteiger charge is -2.11. The third-order valence-electron chi connectivity index (χ3n) is 12.3. The largest absolute Gasteiger partial charge is 0.456 e. The summed E-state index contributed by atoms with van der Waals surface area (Å²) in [6, 6.07) is 71.6. The van der Waals surface area contributed by atoms with Crippen molar-refractivity contribution in [2.75, 3.05) is 0 Å². The highest BCUT2D eigenvalue weighted by Gasteiger charge is 2.19. The van der Waals surface area contributed by atoms with Gasteiger partial charge in [0, 0.05) is 66.3 Å². The summed E-state index contributed by atoms with van der Waals surface area (Å²) in [7, 11) is 0. The monoisotopic (exact) mass is 806 g/mol. The van der Waals surface area contributed by atoms with Gasteiger partial charge < -0.3 is 13.4 Å². The number of aromatic nitrogens is 4. The summed E-state index contributed by atoms with van der Waals surface area (Å²) in [5.74, 6) is 1.83. The Labute approximate surface area is 361 Å². The first-order valence-electron chi connectivity index (χ1n) is 21.1. The van der Waals surface area contributed by atoms with Crippen molar-refractivity contribution in [1.29, 1.82) is 0 Å². The average Bonchev–Trinajstić information content (AvgIpc) is 4.03. The Balaban J connectivity index is 0.878. The summed E-state index contributed by atoms with van der Waals surface area (Å²) in [5.41, 5.74) is 13.8. The Hall–Kier alpha value is -8.61. The molecule has 13 rings (SSSR count). The van der Waals surface area contributed by atoms with E-state index in [0.717, 1.165) is 82.9 Å². The highest BCUT2D eigenvalue weighted by Crippen LogP contribution is 2.41. The minimum atomic E-state index is 0.587. The normalized spacial score (nSPS) is 11.8. The maximum absolute atomic E-state index is 6.70.